The van der Waals surface area contributed by atoms with E-state index >= 15 is 0 Å². The highest BCUT2D eigenvalue weighted by Gasteiger charge is 2.00. The molecule has 0 atom stereocenters. The van der Waals surface area contributed by atoms with Crippen LogP contribution < -0.4 is 5.32 Å². The Hall–Kier alpha value is -0.760. The van der Waals surface area contributed by atoms with E-state index in [0.29, 0.717) is 6.54 Å². The smallest absolute Gasteiger partial charge is 0.143 e. The molecule has 2 rings (SSSR count). The second-order valence-corrected chi connectivity index (χ2v) is 4.64. The Morgan fingerprint density at radius 3 is 3.07 bits per heavy atom. The van der Waals surface area contributed by atoms with Gasteiger partial charge in [-0.1, -0.05) is 0 Å². The van der Waals surface area contributed by atoms with E-state index < -0.39 is 0 Å². The molecule has 0 radical (unpaired) electrons. The molecule has 2 heterocycles. The quantitative estimate of drug-likeness (QED) is 0.881. The maximum absolute atomic E-state index is 4.17. The normalized spacial score (nSPS) is 10.1. The number of rotatable bonds is 3. The van der Waals surface area contributed by atoms with Crippen LogP contribution in [0.15, 0.2) is 24.1 Å². The number of hydrogen-bond acceptors (Lipinski definition) is 5. The Kier molecular flexibility index (Phi) is 3.25. The highest BCUT2D eigenvalue weighted by atomic mass is 127. The number of aromatic nitrogens is 3. The third-order valence-electron chi connectivity index (χ3n) is 1.56. The van der Waals surface area contributed by atoms with Crippen LogP contribution in [0.5, 0.6) is 0 Å². The lowest BCUT2D eigenvalue weighted by Crippen LogP contribution is -2.02. The van der Waals surface area contributed by atoms with Crippen molar-refractivity contribution in [1.29, 1.82) is 0 Å². The van der Waals surface area contributed by atoms with Crippen LogP contribution in [0.3, 0.4) is 0 Å². The summed E-state index contributed by atoms with van der Waals surface area (Å²) in [5.41, 5.74) is 0. The summed E-state index contributed by atoms with van der Waals surface area (Å²) in [4.78, 5) is 12.2. The molecule has 2 aromatic rings. The first kappa shape index (κ1) is 9.78. The molecule has 4 nitrogen and oxygen atoms in total. The third-order valence-corrected chi connectivity index (χ3v) is 3.13. The zero-order valence-corrected chi connectivity index (χ0v) is 10.1. The average Bonchev–Trinajstić information content (AvgIpc) is 2.69. The molecular weight excluding hydrogens is 311 g/mol. The fraction of sp³-hybridized carbons (Fsp3) is 0.125. The molecule has 1 N–H and O–H groups in total. The maximum atomic E-state index is 4.17. The highest BCUT2D eigenvalue weighted by molar-refractivity contribution is 14.1. The van der Waals surface area contributed by atoms with Crippen molar-refractivity contribution < 1.29 is 0 Å². The lowest BCUT2D eigenvalue weighted by Gasteiger charge is -2.03. The van der Waals surface area contributed by atoms with E-state index in [2.05, 4.69) is 42.9 Å². The Labute approximate surface area is 99.0 Å². The van der Waals surface area contributed by atoms with Gasteiger partial charge in [0.25, 0.3) is 0 Å². The first-order valence-electron chi connectivity index (χ1n) is 3.94. The van der Waals surface area contributed by atoms with Crippen molar-refractivity contribution in [3.63, 3.8) is 0 Å². The van der Waals surface area contributed by atoms with E-state index in [1.165, 1.54) is 6.33 Å². The van der Waals surface area contributed by atoms with Crippen molar-refractivity contribution in [3.05, 3.63) is 32.7 Å². The van der Waals surface area contributed by atoms with Crippen molar-refractivity contribution in [2.45, 2.75) is 6.54 Å². The van der Waals surface area contributed by atoms with Crippen molar-refractivity contribution in [2.75, 3.05) is 5.32 Å². The summed E-state index contributed by atoms with van der Waals surface area (Å²) < 4.78 is 1.02. The van der Waals surface area contributed by atoms with Crippen LogP contribution in [0.1, 0.15) is 5.01 Å². The molecule has 0 fully saturated rings. The number of nitrogens with one attached hydrogen (secondary N) is 1. The van der Waals surface area contributed by atoms with Crippen molar-refractivity contribution in [3.8, 4) is 0 Å². The minimum absolute atomic E-state index is 0.713. The molecule has 0 aliphatic rings. The summed E-state index contributed by atoms with van der Waals surface area (Å²) in [6.07, 6.45) is 5.11. The molecule has 0 unspecified atom stereocenters. The van der Waals surface area contributed by atoms with Crippen LogP contribution in [0, 0.1) is 3.57 Å². The van der Waals surface area contributed by atoms with Gasteiger partial charge in [-0.3, -0.25) is 0 Å². The molecule has 6 heteroatoms. The Balaban J connectivity index is 2.02. The molecule has 0 aromatic carbocycles. The first-order chi connectivity index (χ1) is 6.86. The standard InChI is InChI=1S/C8H7IN4S/c9-6-3-10-5-13-8(6)12-4-7-11-1-2-14-7/h1-3,5H,4H2,(H,10,12,13). The van der Waals surface area contributed by atoms with Gasteiger partial charge in [0.2, 0.25) is 0 Å². The molecule has 0 spiro atoms. The largest absolute Gasteiger partial charge is 0.363 e. The fourth-order valence-electron chi connectivity index (χ4n) is 0.942. The molecule has 0 bridgehead atoms. The van der Waals surface area contributed by atoms with Gasteiger partial charge in [-0.2, -0.15) is 0 Å². The van der Waals surface area contributed by atoms with Gasteiger partial charge in [0.05, 0.1) is 10.1 Å². The number of halogens is 1. The molecule has 0 aliphatic heterocycles. The highest BCUT2D eigenvalue weighted by Crippen LogP contribution is 2.14. The molecule has 14 heavy (non-hydrogen) atoms. The summed E-state index contributed by atoms with van der Waals surface area (Å²) in [5, 5.41) is 6.22. The minimum atomic E-state index is 0.713. The topological polar surface area (TPSA) is 50.7 Å². The Morgan fingerprint density at radius 2 is 2.36 bits per heavy atom. The molecular formula is C8H7IN4S. The first-order valence-corrected chi connectivity index (χ1v) is 5.90. The van der Waals surface area contributed by atoms with Crippen LogP contribution >= 0.6 is 33.9 Å². The predicted octanol–water partition coefficient (Wildman–Crippen LogP) is 2.15. The van der Waals surface area contributed by atoms with Crippen molar-refractivity contribution >= 4 is 39.7 Å². The van der Waals surface area contributed by atoms with Gasteiger partial charge in [0.15, 0.2) is 0 Å². The molecule has 0 saturated heterocycles. The van der Waals surface area contributed by atoms with E-state index in [0.717, 1.165) is 14.4 Å². The molecule has 0 amide bonds. The monoisotopic (exact) mass is 318 g/mol. The summed E-state index contributed by atoms with van der Waals surface area (Å²) in [6.45, 7) is 0.713. The molecule has 72 valence electrons. The van der Waals surface area contributed by atoms with E-state index in [1.807, 2.05) is 5.38 Å². The molecule has 0 saturated carbocycles. The number of thiazole rings is 1. The number of nitrogens with zero attached hydrogens (tertiary/aromatic N) is 3. The zero-order chi connectivity index (χ0) is 9.80. The van der Waals surface area contributed by atoms with Gasteiger partial charge in [-0.15, -0.1) is 11.3 Å². The SMILES string of the molecule is Ic1cncnc1NCc1nccs1. The fourth-order valence-corrected chi connectivity index (χ4v) is 1.99. The van der Waals surface area contributed by atoms with Gasteiger partial charge < -0.3 is 5.32 Å². The van der Waals surface area contributed by atoms with Crippen molar-refractivity contribution in [2.24, 2.45) is 0 Å². The zero-order valence-electron chi connectivity index (χ0n) is 7.14. The van der Waals surface area contributed by atoms with Gasteiger partial charge >= 0.3 is 0 Å². The van der Waals surface area contributed by atoms with Crippen LogP contribution in [0.25, 0.3) is 0 Å². The lowest BCUT2D eigenvalue weighted by atomic mass is 10.5. The molecule has 0 aliphatic carbocycles. The van der Waals surface area contributed by atoms with Crippen molar-refractivity contribution in [1.82, 2.24) is 15.0 Å². The Morgan fingerprint density at radius 1 is 1.43 bits per heavy atom. The minimum Gasteiger partial charge on any atom is -0.363 e. The maximum Gasteiger partial charge on any atom is 0.143 e. The third kappa shape index (κ3) is 2.38. The summed E-state index contributed by atoms with van der Waals surface area (Å²) >= 11 is 3.83. The van der Waals surface area contributed by atoms with E-state index in [-0.39, 0.29) is 0 Å². The van der Waals surface area contributed by atoms with E-state index in [4.69, 9.17) is 0 Å². The summed E-state index contributed by atoms with van der Waals surface area (Å²) in [6, 6.07) is 0. The summed E-state index contributed by atoms with van der Waals surface area (Å²) in [7, 11) is 0. The second-order valence-electron chi connectivity index (χ2n) is 2.50. The van der Waals surface area contributed by atoms with Crippen LogP contribution in [0.2, 0.25) is 0 Å². The number of anilines is 1. The number of hydrogen-bond donors (Lipinski definition) is 1. The van der Waals surface area contributed by atoms with Crippen LogP contribution in [0.4, 0.5) is 5.82 Å². The van der Waals surface area contributed by atoms with E-state index in [1.54, 1.807) is 23.7 Å². The van der Waals surface area contributed by atoms with Gasteiger partial charge in [-0.25, -0.2) is 15.0 Å². The Bertz CT molecular complexity index is 403. The van der Waals surface area contributed by atoms with E-state index in [9.17, 15) is 0 Å². The van der Waals surface area contributed by atoms with Crippen LogP contribution in [-0.2, 0) is 6.54 Å². The van der Waals surface area contributed by atoms with Crippen LogP contribution in [-0.4, -0.2) is 15.0 Å². The predicted molar refractivity (Wildman–Crippen MR) is 64.2 cm³/mol. The second kappa shape index (κ2) is 4.65. The average molecular weight is 318 g/mol. The van der Waals surface area contributed by atoms with Gasteiger partial charge in [0, 0.05) is 17.8 Å². The summed E-state index contributed by atoms with van der Waals surface area (Å²) in [5.74, 6) is 0.857. The lowest BCUT2D eigenvalue weighted by molar-refractivity contribution is 1.05. The van der Waals surface area contributed by atoms with Gasteiger partial charge in [-0.05, 0) is 22.6 Å². The molecule has 2 aromatic heterocycles. The van der Waals surface area contributed by atoms with Gasteiger partial charge in [0.1, 0.15) is 17.2 Å².